The number of hydrogen-bond acceptors (Lipinski definition) is 3. The van der Waals surface area contributed by atoms with Crippen LogP contribution in [0.4, 0.5) is 0 Å². The van der Waals surface area contributed by atoms with Gasteiger partial charge in [0.25, 0.3) is 8.68 Å². The maximum absolute atomic E-state index is 12.1. The van der Waals surface area contributed by atoms with Crippen molar-refractivity contribution in [3.63, 3.8) is 0 Å². The average Bonchev–Trinajstić information content (AvgIpc) is 2.31. The highest BCUT2D eigenvalue weighted by Crippen LogP contribution is 2.38. The summed E-state index contributed by atoms with van der Waals surface area (Å²) in [5, 5.41) is 0.390. The Labute approximate surface area is 121 Å². The van der Waals surface area contributed by atoms with Crippen molar-refractivity contribution in [2.45, 2.75) is 3.12 Å². The van der Waals surface area contributed by atoms with E-state index in [0.29, 0.717) is 22.9 Å². The molecule has 0 N–H and O–H groups in total. The van der Waals surface area contributed by atoms with E-state index in [9.17, 15) is 9.59 Å². The van der Waals surface area contributed by atoms with Crippen LogP contribution in [0.3, 0.4) is 0 Å². The quantitative estimate of drug-likeness (QED) is 0.757. The van der Waals surface area contributed by atoms with Crippen molar-refractivity contribution in [1.29, 1.82) is 0 Å². The summed E-state index contributed by atoms with van der Waals surface area (Å²) in [4.78, 5) is 24.1. The van der Waals surface area contributed by atoms with Gasteiger partial charge < -0.3 is 0 Å². The van der Waals surface area contributed by atoms with Crippen molar-refractivity contribution in [3.05, 3.63) is 45.1 Å². The van der Waals surface area contributed by atoms with Crippen molar-refractivity contribution in [2.24, 2.45) is 7.05 Å². The third-order valence-electron chi connectivity index (χ3n) is 2.34. The van der Waals surface area contributed by atoms with Crippen molar-refractivity contribution in [2.75, 3.05) is 0 Å². The Morgan fingerprint density at radius 2 is 1.78 bits per heavy atom. The summed E-state index contributed by atoms with van der Waals surface area (Å²) in [6.07, 6.45) is 0. The van der Waals surface area contributed by atoms with Crippen LogP contribution in [0.25, 0.3) is 10.9 Å². The van der Waals surface area contributed by atoms with Crippen LogP contribution in [-0.4, -0.2) is 11.7 Å². The van der Waals surface area contributed by atoms with Crippen LogP contribution in [-0.2, 0) is 7.05 Å². The fourth-order valence-electron chi connectivity index (χ4n) is 1.57. The zero-order chi connectivity index (χ0) is 13.5. The topological polar surface area (TPSA) is 44.0 Å². The molecule has 0 unspecified atom stereocenters. The van der Waals surface area contributed by atoms with Crippen molar-refractivity contribution >= 4 is 57.7 Å². The molecule has 0 saturated heterocycles. The maximum Gasteiger partial charge on any atom is 0.341 e. The van der Waals surface area contributed by atoms with E-state index >= 15 is 0 Å². The molecule has 18 heavy (non-hydrogen) atoms. The molecule has 0 aliphatic heterocycles. The van der Waals surface area contributed by atoms with Crippen LogP contribution < -0.4 is 11.2 Å². The van der Waals surface area contributed by atoms with E-state index in [1.807, 2.05) is 0 Å². The molecule has 0 aliphatic carbocycles. The smallest absolute Gasteiger partial charge is 0.295 e. The van der Waals surface area contributed by atoms with E-state index in [-0.39, 0.29) is 0 Å². The van der Waals surface area contributed by atoms with Gasteiger partial charge in [-0.3, -0.25) is 9.36 Å². The minimum Gasteiger partial charge on any atom is -0.295 e. The largest absolute Gasteiger partial charge is 0.341 e. The van der Waals surface area contributed by atoms with Crippen LogP contribution in [0.1, 0.15) is 0 Å². The third kappa shape index (κ3) is 2.54. The Kier molecular flexibility index (Phi) is 3.69. The van der Waals surface area contributed by atoms with Gasteiger partial charge in [-0.2, -0.15) is 3.97 Å². The zero-order valence-electron chi connectivity index (χ0n) is 9.06. The fourth-order valence-corrected chi connectivity index (χ4v) is 2.78. The van der Waals surface area contributed by atoms with E-state index < -0.39 is 14.4 Å². The summed E-state index contributed by atoms with van der Waals surface area (Å²) < 4.78 is 0.397. The van der Waals surface area contributed by atoms with E-state index in [4.69, 9.17) is 34.8 Å². The second kappa shape index (κ2) is 4.81. The first-order chi connectivity index (χ1) is 8.31. The molecule has 0 radical (unpaired) electrons. The molecule has 2 rings (SSSR count). The van der Waals surface area contributed by atoms with Gasteiger partial charge >= 0.3 is 5.69 Å². The number of aromatic nitrogens is 2. The molecule has 1 aromatic heterocycles. The van der Waals surface area contributed by atoms with Gasteiger partial charge in [0, 0.05) is 19.0 Å². The molecule has 0 saturated carbocycles. The van der Waals surface area contributed by atoms with Crippen molar-refractivity contribution in [1.82, 2.24) is 8.54 Å². The first-order valence-corrected chi connectivity index (χ1v) is 6.69. The lowest BCUT2D eigenvalue weighted by Gasteiger charge is -2.13. The summed E-state index contributed by atoms with van der Waals surface area (Å²) in [6.45, 7) is 0. The van der Waals surface area contributed by atoms with Crippen molar-refractivity contribution in [3.8, 4) is 0 Å². The monoisotopic (exact) mass is 324 g/mol. The molecular formula is C10H7Cl3N2O2S. The van der Waals surface area contributed by atoms with E-state index in [1.54, 1.807) is 31.3 Å². The number of fused-ring (bicyclic) bond motifs is 1. The van der Waals surface area contributed by atoms with E-state index in [2.05, 4.69) is 0 Å². The predicted octanol–water partition coefficient (Wildman–Crippen LogP) is 2.52. The van der Waals surface area contributed by atoms with E-state index in [1.165, 1.54) is 4.57 Å². The van der Waals surface area contributed by atoms with E-state index in [0.717, 1.165) is 3.97 Å². The van der Waals surface area contributed by atoms with Gasteiger partial charge in [-0.25, -0.2) is 4.79 Å². The standard InChI is InChI=1S/C10H7Cl3N2O2S/c1-14-7-5-3-2-4-6(7)8(16)15(9(14)17)18-10(11,12)13/h2-5H,1H3. The first-order valence-electron chi connectivity index (χ1n) is 4.78. The summed E-state index contributed by atoms with van der Waals surface area (Å²) in [7, 11) is 1.56. The Bertz CT molecular complexity index is 718. The van der Waals surface area contributed by atoms with Gasteiger partial charge in [-0.05, 0) is 12.1 Å². The van der Waals surface area contributed by atoms with Crippen molar-refractivity contribution < 1.29 is 0 Å². The lowest BCUT2D eigenvalue weighted by atomic mass is 10.2. The highest BCUT2D eigenvalue weighted by atomic mass is 35.6. The molecule has 96 valence electrons. The number of rotatable bonds is 1. The van der Waals surface area contributed by atoms with Gasteiger partial charge in [-0.1, -0.05) is 46.9 Å². The predicted molar refractivity (Wildman–Crippen MR) is 76.7 cm³/mol. The molecule has 1 heterocycles. The molecule has 0 spiro atoms. The Morgan fingerprint density at radius 1 is 1.17 bits per heavy atom. The Balaban J connectivity index is 2.84. The minimum atomic E-state index is -1.78. The number of aryl methyl sites for hydroxylation is 1. The lowest BCUT2D eigenvalue weighted by Crippen LogP contribution is -2.37. The van der Waals surface area contributed by atoms with Crippen LogP contribution in [0.5, 0.6) is 0 Å². The van der Waals surface area contributed by atoms with Crippen LogP contribution in [0.2, 0.25) is 0 Å². The highest BCUT2D eigenvalue weighted by molar-refractivity contribution is 8.03. The summed E-state index contributed by atoms with van der Waals surface area (Å²) in [5.41, 5.74) is -0.506. The molecular weight excluding hydrogens is 319 g/mol. The first kappa shape index (κ1) is 13.8. The fraction of sp³-hybridized carbons (Fsp3) is 0.200. The second-order valence-electron chi connectivity index (χ2n) is 3.50. The highest BCUT2D eigenvalue weighted by Gasteiger charge is 2.25. The number of hydrogen-bond donors (Lipinski definition) is 0. The Hall–Kier alpha value is -0.620. The molecule has 0 aliphatic rings. The number of halogens is 3. The van der Waals surface area contributed by atoms with Gasteiger partial charge in [-0.15, -0.1) is 0 Å². The molecule has 0 fully saturated rings. The molecule has 0 bridgehead atoms. The second-order valence-corrected chi connectivity index (χ2v) is 7.61. The minimum absolute atomic E-state index is 0.390. The summed E-state index contributed by atoms with van der Waals surface area (Å²) in [6, 6.07) is 6.75. The van der Waals surface area contributed by atoms with Gasteiger partial charge in [0.15, 0.2) is 0 Å². The average molecular weight is 326 g/mol. The summed E-state index contributed by atoms with van der Waals surface area (Å²) >= 11 is 17.4. The molecule has 8 heteroatoms. The lowest BCUT2D eigenvalue weighted by molar-refractivity contribution is 0.820. The number of benzene rings is 1. The van der Waals surface area contributed by atoms with Crippen LogP contribution in [0.15, 0.2) is 33.9 Å². The molecule has 4 nitrogen and oxygen atoms in total. The van der Waals surface area contributed by atoms with Gasteiger partial charge in [0.1, 0.15) is 0 Å². The van der Waals surface area contributed by atoms with Gasteiger partial charge in [0.05, 0.1) is 10.9 Å². The SMILES string of the molecule is Cn1c(=O)n(SC(Cl)(Cl)Cl)c(=O)c2ccccc21. The normalized spacial score (nSPS) is 12.0. The van der Waals surface area contributed by atoms with Gasteiger partial charge in [0.2, 0.25) is 0 Å². The molecule has 2 aromatic rings. The Morgan fingerprint density at radius 3 is 2.39 bits per heavy atom. The maximum atomic E-state index is 12.1. The number of nitrogens with zero attached hydrogens (tertiary/aromatic N) is 2. The number of para-hydroxylation sites is 1. The van der Waals surface area contributed by atoms with Crippen LogP contribution in [0, 0.1) is 0 Å². The third-order valence-corrected chi connectivity index (χ3v) is 3.67. The zero-order valence-corrected chi connectivity index (χ0v) is 12.1. The molecule has 0 atom stereocenters. The van der Waals surface area contributed by atoms with Crippen LogP contribution >= 0.6 is 46.8 Å². The summed E-state index contributed by atoms with van der Waals surface area (Å²) in [5.74, 6) is 0. The molecule has 1 aromatic carbocycles. The molecule has 0 amide bonds. The number of alkyl halides is 3.